The van der Waals surface area contributed by atoms with E-state index in [1.807, 2.05) is 4.72 Å². The van der Waals surface area contributed by atoms with E-state index in [0.717, 1.165) is 0 Å². The minimum absolute atomic E-state index is 0.0602. The molecule has 8 nitrogen and oxygen atoms in total. The largest absolute Gasteiger partial charge is 0.274 e. The van der Waals surface area contributed by atoms with Gasteiger partial charge in [0.2, 0.25) is 0 Å². The van der Waals surface area contributed by atoms with Crippen LogP contribution in [-0.4, -0.2) is 29.0 Å². The van der Waals surface area contributed by atoms with Crippen LogP contribution in [0.4, 0.5) is 0 Å². The summed E-state index contributed by atoms with van der Waals surface area (Å²) >= 11 is 0. The quantitative estimate of drug-likeness (QED) is 0.471. The summed E-state index contributed by atoms with van der Waals surface area (Å²) in [6.45, 7) is -0.0602. The number of tetrazole rings is 1. The highest BCUT2D eigenvalue weighted by Crippen LogP contribution is 1.81. The molecule has 0 fully saturated rings. The molecule has 0 amide bonds. The Bertz CT molecular complexity index is 301. The fourth-order valence-electron chi connectivity index (χ4n) is 0.423. The Morgan fingerprint density at radius 3 is 2.82 bits per heavy atom. The molecule has 1 rings (SSSR count). The Morgan fingerprint density at radius 2 is 2.36 bits per heavy atom. The van der Waals surface area contributed by atoms with Gasteiger partial charge in [-0.15, -0.1) is 10.2 Å². The van der Waals surface area contributed by atoms with Crippen molar-refractivity contribution in [1.29, 1.82) is 0 Å². The van der Waals surface area contributed by atoms with Crippen molar-refractivity contribution < 1.29 is 8.42 Å². The van der Waals surface area contributed by atoms with Gasteiger partial charge in [-0.2, -0.15) is 18.4 Å². The van der Waals surface area contributed by atoms with E-state index in [2.05, 4.69) is 25.8 Å². The lowest BCUT2D eigenvalue weighted by atomic mass is 10.7. The summed E-state index contributed by atoms with van der Waals surface area (Å²) in [5.74, 6) is 0.235. The van der Waals surface area contributed by atoms with Crippen LogP contribution in [0.15, 0.2) is 0 Å². The molecule has 0 aliphatic rings. The van der Waals surface area contributed by atoms with Gasteiger partial charge in [0.25, 0.3) is 10.2 Å². The van der Waals surface area contributed by atoms with Gasteiger partial charge in [-0.25, -0.2) is 5.14 Å². The van der Waals surface area contributed by atoms with E-state index in [1.54, 1.807) is 0 Å². The highest BCUT2D eigenvalue weighted by Gasteiger charge is 2.03. The van der Waals surface area contributed by atoms with Crippen molar-refractivity contribution in [3.05, 3.63) is 5.82 Å². The lowest BCUT2D eigenvalue weighted by Gasteiger charge is -1.94. The summed E-state index contributed by atoms with van der Waals surface area (Å²) in [7, 11) is -3.67. The van der Waals surface area contributed by atoms with Gasteiger partial charge in [-0.05, 0) is 0 Å². The highest BCUT2D eigenvalue weighted by molar-refractivity contribution is 7.87. The first kappa shape index (κ1) is 8.04. The number of nitrogens with two attached hydrogens (primary N) is 1. The van der Waals surface area contributed by atoms with E-state index in [9.17, 15) is 8.42 Å². The first-order chi connectivity index (χ1) is 5.08. The van der Waals surface area contributed by atoms with Crippen LogP contribution in [0.25, 0.3) is 0 Å². The Labute approximate surface area is 62.4 Å². The average Bonchev–Trinajstić information content (AvgIpc) is 2.32. The molecule has 0 saturated carbocycles. The number of aromatic nitrogens is 4. The number of hydrogen-bond donors (Lipinski definition) is 3. The molecule has 0 bridgehead atoms. The van der Waals surface area contributed by atoms with Crippen LogP contribution in [0.1, 0.15) is 5.82 Å². The fourth-order valence-corrected chi connectivity index (χ4v) is 0.753. The summed E-state index contributed by atoms with van der Waals surface area (Å²) in [5.41, 5.74) is 0. The Kier molecular flexibility index (Phi) is 2.12. The Morgan fingerprint density at radius 1 is 1.64 bits per heavy atom. The van der Waals surface area contributed by atoms with Crippen LogP contribution in [-0.2, 0) is 16.8 Å². The molecule has 1 aromatic heterocycles. The summed E-state index contributed by atoms with van der Waals surface area (Å²) in [4.78, 5) is 0. The van der Waals surface area contributed by atoms with E-state index >= 15 is 0 Å². The predicted octanol–water partition coefficient (Wildman–Crippen LogP) is -2.51. The maximum atomic E-state index is 10.3. The molecule has 62 valence electrons. The number of nitrogens with zero attached hydrogens (tertiary/aromatic N) is 3. The van der Waals surface area contributed by atoms with Gasteiger partial charge < -0.3 is 0 Å². The molecule has 0 spiro atoms. The third-order valence-electron chi connectivity index (χ3n) is 0.821. The van der Waals surface area contributed by atoms with Gasteiger partial charge in [-0.1, -0.05) is 5.21 Å². The molecule has 0 atom stereocenters. The molecule has 0 aromatic carbocycles. The first-order valence-electron chi connectivity index (χ1n) is 2.57. The first-order valence-corrected chi connectivity index (χ1v) is 4.12. The molecular formula is C2H6N6O2S. The molecule has 0 aliphatic heterocycles. The Balaban J connectivity index is 2.48. The topological polar surface area (TPSA) is 127 Å². The smallest absolute Gasteiger partial charge is 0.216 e. The van der Waals surface area contributed by atoms with E-state index in [4.69, 9.17) is 0 Å². The van der Waals surface area contributed by atoms with Crippen molar-refractivity contribution in [3.63, 3.8) is 0 Å². The van der Waals surface area contributed by atoms with Gasteiger partial charge in [0.1, 0.15) is 0 Å². The van der Waals surface area contributed by atoms with Gasteiger partial charge in [0, 0.05) is 0 Å². The van der Waals surface area contributed by atoms with Crippen LogP contribution in [0, 0.1) is 0 Å². The molecule has 0 unspecified atom stereocenters. The van der Waals surface area contributed by atoms with E-state index < -0.39 is 10.2 Å². The fraction of sp³-hybridized carbons (Fsp3) is 0.500. The SMILES string of the molecule is NS(=O)(=O)NCc1nn[nH]n1. The van der Waals surface area contributed by atoms with Gasteiger partial charge >= 0.3 is 0 Å². The third kappa shape index (κ3) is 3.02. The minimum Gasteiger partial charge on any atom is -0.216 e. The summed E-state index contributed by atoms with van der Waals surface area (Å²) < 4.78 is 22.6. The number of rotatable bonds is 3. The molecule has 0 aliphatic carbocycles. The van der Waals surface area contributed by atoms with Crippen molar-refractivity contribution in [2.45, 2.75) is 6.54 Å². The van der Waals surface area contributed by atoms with Gasteiger partial charge in [0.15, 0.2) is 5.82 Å². The molecule has 0 saturated heterocycles. The molecule has 1 aromatic rings. The van der Waals surface area contributed by atoms with Crippen LogP contribution >= 0.6 is 0 Å². The zero-order valence-electron chi connectivity index (χ0n) is 5.35. The zero-order chi connectivity index (χ0) is 8.32. The van der Waals surface area contributed by atoms with Crippen LogP contribution in [0.5, 0.6) is 0 Å². The molecule has 9 heteroatoms. The lowest BCUT2D eigenvalue weighted by molar-refractivity contribution is 0.581. The molecule has 4 N–H and O–H groups in total. The number of hydrogen-bond acceptors (Lipinski definition) is 5. The lowest BCUT2D eigenvalue weighted by Crippen LogP contribution is -2.30. The summed E-state index contributed by atoms with van der Waals surface area (Å²) in [6.07, 6.45) is 0. The van der Waals surface area contributed by atoms with Gasteiger partial charge in [0.05, 0.1) is 6.54 Å². The number of H-pyrrole nitrogens is 1. The Hall–Kier alpha value is -1.06. The second-order valence-corrected chi connectivity index (χ2v) is 3.07. The van der Waals surface area contributed by atoms with Gasteiger partial charge in [-0.3, -0.25) is 0 Å². The summed E-state index contributed by atoms with van der Waals surface area (Å²) in [6, 6.07) is 0. The van der Waals surface area contributed by atoms with Crippen molar-refractivity contribution in [3.8, 4) is 0 Å². The predicted molar refractivity (Wildman–Crippen MR) is 34.1 cm³/mol. The monoisotopic (exact) mass is 178 g/mol. The number of nitrogens with one attached hydrogen (secondary N) is 2. The number of aromatic amines is 1. The maximum absolute atomic E-state index is 10.3. The van der Waals surface area contributed by atoms with Crippen LogP contribution in [0.2, 0.25) is 0 Å². The molecule has 0 radical (unpaired) electrons. The molecule has 1 heterocycles. The summed E-state index contributed by atoms with van der Waals surface area (Å²) in [5, 5.41) is 17.0. The minimum atomic E-state index is -3.67. The van der Waals surface area contributed by atoms with E-state index in [-0.39, 0.29) is 12.4 Å². The van der Waals surface area contributed by atoms with Crippen molar-refractivity contribution >= 4 is 10.2 Å². The highest BCUT2D eigenvalue weighted by atomic mass is 32.2. The maximum Gasteiger partial charge on any atom is 0.274 e. The van der Waals surface area contributed by atoms with E-state index in [0.29, 0.717) is 0 Å². The zero-order valence-corrected chi connectivity index (χ0v) is 6.17. The normalized spacial score (nSPS) is 11.7. The van der Waals surface area contributed by atoms with Crippen molar-refractivity contribution in [1.82, 2.24) is 25.3 Å². The second-order valence-electron chi connectivity index (χ2n) is 1.69. The average molecular weight is 178 g/mol. The molecular weight excluding hydrogens is 172 g/mol. The van der Waals surface area contributed by atoms with Crippen LogP contribution < -0.4 is 9.86 Å². The van der Waals surface area contributed by atoms with E-state index in [1.165, 1.54) is 0 Å². The second kappa shape index (κ2) is 2.90. The van der Waals surface area contributed by atoms with Crippen molar-refractivity contribution in [2.75, 3.05) is 0 Å². The standard InChI is InChI=1S/C2H6N6O2S/c3-11(9,10)4-1-2-5-7-8-6-2/h4H,1H2,(H2,3,9,10)(H,5,6,7,8). The van der Waals surface area contributed by atoms with Crippen LogP contribution in [0.3, 0.4) is 0 Å². The van der Waals surface area contributed by atoms with Crippen molar-refractivity contribution in [2.24, 2.45) is 5.14 Å². The molecule has 11 heavy (non-hydrogen) atoms. The third-order valence-corrected chi connectivity index (χ3v) is 1.37.